The van der Waals surface area contributed by atoms with E-state index in [2.05, 4.69) is 0 Å². The number of nitrogens with two attached hydrogens (primary N) is 1. The Morgan fingerprint density at radius 2 is 2.07 bits per heavy atom. The molecule has 1 aliphatic carbocycles. The molecule has 1 amide bonds. The second-order valence-electron chi connectivity index (χ2n) is 5.00. The van der Waals surface area contributed by atoms with E-state index in [0.29, 0.717) is 19.6 Å². The van der Waals surface area contributed by atoms with Crippen LogP contribution in [0.5, 0.6) is 0 Å². The van der Waals surface area contributed by atoms with E-state index in [4.69, 9.17) is 5.73 Å². The van der Waals surface area contributed by atoms with Crippen molar-refractivity contribution in [1.82, 2.24) is 4.90 Å². The summed E-state index contributed by atoms with van der Waals surface area (Å²) in [7, 11) is 0. The van der Waals surface area contributed by atoms with E-state index in [1.165, 1.54) is 0 Å². The minimum atomic E-state index is -0.671. The summed E-state index contributed by atoms with van der Waals surface area (Å²) in [5.41, 5.74) is 4.69. The Bertz CT molecular complexity index is 245. The Kier molecular flexibility index (Phi) is 2.08. The standard InChI is InChI=1S/C10H18N2O2/c1-9(14)6-12(7-9)8(13)10(5-11)3-2-4-10/h14H,2-7,11H2,1H3. The summed E-state index contributed by atoms with van der Waals surface area (Å²) in [6.07, 6.45) is 2.94. The number of β-amino-alcohol motifs (C(OH)–C–C–N with tert-alkyl or cyclic N) is 1. The molecular weight excluding hydrogens is 180 g/mol. The van der Waals surface area contributed by atoms with Gasteiger partial charge < -0.3 is 15.7 Å². The lowest BCUT2D eigenvalue weighted by atomic mass is 9.67. The van der Waals surface area contributed by atoms with Crippen molar-refractivity contribution in [2.75, 3.05) is 19.6 Å². The Hall–Kier alpha value is -0.610. The van der Waals surface area contributed by atoms with Crippen molar-refractivity contribution in [3.8, 4) is 0 Å². The lowest BCUT2D eigenvalue weighted by molar-refractivity contribution is -0.167. The topological polar surface area (TPSA) is 66.6 Å². The van der Waals surface area contributed by atoms with Gasteiger partial charge in [0.1, 0.15) is 0 Å². The molecule has 1 saturated carbocycles. The number of rotatable bonds is 2. The Labute approximate surface area is 84.1 Å². The fraction of sp³-hybridized carbons (Fsp3) is 0.900. The highest BCUT2D eigenvalue weighted by Crippen LogP contribution is 2.43. The van der Waals surface area contributed by atoms with Crippen LogP contribution in [0.15, 0.2) is 0 Å². The minimum Gasteiger partial charge on any atom is -0.386 e. The van der Waals surface area contributed by atoms with Gasteiger partial charge in [0.15, 0.2) is 0 Å². The average Bonchev–Trinajstić information content (AvgIpc) is 1.98. The molecule has 4 heteroatoms. The van der Waals surface area contributed by atoms with Crippen molar-refractivity contribution >= 4 is 5.91 Å². The number of carbonyl (C=O) groups is 1. The first kappa shape index (κ1) is 9.93. The third kappa shape index (κ3) is 1.33. The maximum absolute atomic E-state index is 12.0. The van der Waals surface area contributed by atoms with Crippen LogP contribution < -0.4 is 5.73 Å². The maximum atomic E-state index is 12.0. The van der Waals surface area contributed by atoms with Gasteiger partial charge in [0.05, 0.1) is 24.1 Å². The van der Waals surface area contributed by atoms with Crippen molar-refractivity contribution in [3.63, 3.8) is 0 Å². The Morgan fingerprint density at radius 3 is 2.36 bits per heavy atom. The zero-order valence-electron chi connectivity index (χ0n) is 8.62. The van der Waals surface area contributed by atoms with Crippen LogP contribution in [0.4, 0.5) is 0 Å². The van der Waals surface area contributed by atoms with Gasteiger partial charge >= 0.3 is 0 Å². The van der Waals surface area contributed by atoms with Crippen LogP contribution in [0.3, 0.4) is 0 Å². The first-order valence-corrected chi connectivity index (χ1v) is 5.21. The SMILES string of the molecule is CC1(O)CN(C(=O)C2(CN)CCC2)C1. The van der Waals surface area contributed by atoms with Gasteiger partial charge in [-0.15, -0.1) is 0 Å². The predicted molar refractivity (Wildman–Crippen MR) is 52.5 cm³/mol. The zero-order valence-corrected chi connectivity index (χ0v) is 8.62. The van der Waals surface area contributed by atoms with Crippen molar-refractivity contribution < 1.29 is 9.90 Å². The number of aliphatic hydroxyl groups is 1. The van der Waals surface area contributed by atoms with E-state index in [0.717, 1.165) is 19.3 Å². The highest BCUT2D eigenvalue weighted by Gasteiger charge is 2.50. The van der Waals surface area contributed by atoms with Gasteiger partial charge in [-0.05, 0) is 19.8 Å². The van der Waals surface area contributed by atoms with E-state index in [-0.39, 0.29) is 11.3 Å². The van der Waals surface area contributed by atoms with Gasteiger partial charge in [0, 0.05) is 6.54 Å². The van der Waals surface area contributed by atoms with Gasteiger partial charge in [-0.2, -0.15) is 0 Å². The molecule has 0 aromatic carbocycles. The molecule has 1 aliphatic heterocycles. The summed E-state index contributed by atoms with van der Waals surface area (Å²) < 4.78 is 0. The smallest absolute Gasteiger partial charge is 0.230 e. The monoisotopic (exact) mass is 198 g/mol. The zero-order chi connectivity index (χ0) is 10.4. The number of nitrogens with zero attached hydrogens (tertiary/aromatic N) is 1. The highest BCUT2D eigenvalue weighted by molar-refractivity contribution is 5.84. The summed E-state index contributed by atoms with van der Waals surface area (Å²) in [5, 5.41) is 9.54. The molecule has 3 N–H and O–H groups in total. The number of hydrogen-bond donors (Lipinski definition) is 2. The van der Waals surface area contributed by atoms with Crippen LogP contribution in [-0.2, 0) is 4.79 Å². The second kappa shape index (κ2) is 2.94. The van der Waals surface area contributed by atoms with Gasteiger partial charge in [-0.3, -0.25) is 4.79 Å². The molecule has 14 heavy (non-hydrogen) atoms. The van der Waals surface area contributed by atoms with Crippen LogP contribution in [0, 0.1) is 5.41 Å². The number of carbonyl (C=O) groups excluding carboxylic acids is 1. The van der Waals surface area contributed by atoms with E-state index >= 15 is 0 Å². The van der Waals surface area contributed by atoms with Crippen molar-refractivity contribution in [2.45, 2.75) is 31.8 Å². The number of hydrogen-bond acceptors (Lipinski definition) is 3. The van der Waals surface area contributed by atoms with Gasteiger partial charge in [-0.25, -0.2) is 0 Å². The third-order valence-corrected chi connectivity index (χ3v) is 3.51. The number of likely N-dealkylation sites (tertiary alicyclic amines) is 1. The maximum Gasteiger partial charge on any atom is 0.230 e. The second-order valence-corrected chi connectivity index (χ2v) is 5.00. The van der Waals surface area contributed by atoms with Crippen LogP contribution in [0.1, 0.15) is 26.2 Å². The average molecular weight is 198 g/mol. The Balaban J connectivity index is 1.96. The van der Waals surface area contributed by atoms with E-state index in [1.807, 2.05) is 0 Å². The quantitative estimate of drug-likeness (QED) is 0.640. The predicted octanol–water partition coefficient (Wildman–Crippen LogP) is -0.291. The van der Waals surface area contributed by atoms with Crippen LogP contribution in [0.25, 0.3) is 0 Å². The van der Waals surface area contributed by atoms with Gasteiger partial charge in [-0.1, -0.05) is 6.42 Å². The largest absolute Gasteiger partial charge is 0.386 e. The van der Waals surface area contributed by atoms with Gasteiger partial charge in [0.2, 0.25) is 5.91 Å². The van der Waals surface area contributed by atoms with Crippen molar-refractivity contribution in [3.05, 3.63) is 0 Å². The molecule has 2 aliphatic rings. The van der Waals surface area contributed by atoms with E-state index in [9.17, 15) is 9.90 Å². The molecular formula is C10H18N2O2. The van der Waals surface area contributed by atoms with E-state index in [1.54, 1.807) is 11.8 Å². The van der Waals surface area contributed by atoms with Crippen molar-refractivity contribution in [1.29, 1.82) is 0 Å². The third-order valence-electron chi connectivity index (χ3n) is 3.51. The first-order chi connectivity index (χ1) is 6.49. The summed E-state index contributed by atoms with van der Waals surface area (Å²) in [6.45, 7) is 3.14. The molecule has 0 atom stereocenters. The lowest BCUT2D eigenvalue weighted by Crippen LogP contribution is -2.66. The minimum absolute atomic E-state index is 0.151. The first-order valence-electron chi connectivity index (χ1n) is 5.21. The van der Waals surface area contributed by atoms with E-state index < -0.39 is 5.60 Å². The summed E-state index contributed by atoms with van der Waals surface area (Å²) >= 11 is 0. The lowest BCUT2D eigenvalue weighted by Gasteiger charge is -2.50. The molecule has 0 aromatic rings. The molecule has 0 unspecified atom stereocenters. The van der Waals surface area contributed by atoms with Crippen LogP contribution in [0.2, 0.25) is 0 Å². The molecule has 4 nitrogen and oxygen atoms in total. The summed E-state index contributed by atoms with van der Waals surface area (Å²) in [4.78, 5) is 13.7. The highest BCUT2D eigenvalue weighted by atomic mass is 16.3. The molecule has 0 spiro atoms. The molecule has 2 fully saturated rings. The summed E-state index contributed by atoms with van der Waals surface area (Å²) in [5.74, 6) is 0.151. The molecule has 1 saturated heterocycles. The normalized spacial score (nSPS) is 27.8. The van der Waals surface area contributed by atoms with Gasteiger partial charge in [0.25, 0.3) is 0 Å². The molecule has 0 aromatic heterocycles. The molecule has 1 heterocycles. The molecule has 0 radical (unpaired) electrons. The molecule has 80 valence electrons. The Morgan fingerprint density at radius 1 is 1.50 bits per heavy atom. The molecule has 2 rings (SSSR count). The van der Waals surface area contributed by atoms with Crippen LogP contribution >= 0.6 is 0 Å². The fourth-order valence-electron chi connectivity index (χ4n) is 2.36. The molecule has 0 bridgehead atoms. The number of amides is 1. The van der Waals surface area contributed by atoms with Crippen LogP contribution in [-0.4, -0.2) is 41.1 Å². The fourth-order valence-corrected chi connectivity index (χ4v) is 2.36. The summed E-state index contributed by atoms with van der Waals surface area (Å²) in [6, 6.07) is 0. The van der Waals surface area contributed by atoms with Crippen molar-refractivity contribution in [2.24, 2.45) is 11.1 Å².